The van der Waals surface area contributed by atoms with Crippen LogP contribution in [0.2, 0.25) is 0 Å². The summed E-state index contributed by atoms with van der Waals surface area (Å²) in [5.41, 5.74) is -0.224. The van der Waals surface area contributed by atoms with E-state index in [1.54, 1.807) is 0 Å². The highest BCUT2D eigenvalue weighted by molar-refractivity contribution is 5.69. The van der Waals surface area contributed by atoms with Crippen LogP contribution in [0.25, 0.3) is 0 Å². The lowest BCUT2D eigenvalue weighted by atomic mass is 9.74. The third-order valence-corrected chi connectivity index (χ3v) is 6.82. The Labute approximate surface area is 202 Å². The SMILES string of the molecule is C=CCCCCCCCCC(=O)OC(CCCC)(CCCC)C(CCCC)CCCC.N. The van der Waals surface area contributed by atoms with Crippen molar-refractivity contribution in [2.75, 3.05) is 0 Å². The molecule has 32 heavy (non-hydrogen) atoms. The van der Waals surface area contributed by atoms with E-state index in [4.69, 9.17) is 4.74 Å². The molecule has 0 unspecified atom stereocenters. The van der Waals surface area contributed by atoms with Crippen molar-refractivity contribution in [2.45, 2.75) is 162 Å². The number of carbonyl (C=O) groups excluding carboxylic acids is 1. The average Bonchev–Trinajstić information content (AvgIpc) is 2.77. The molecule has 0 heterocycles. The van der Waals surface area contributed by atoms with E-state index in [1.807, 2.05) is 6.08 Å². The van der Waals surface area contributed by atoms with Gasteiger partial charge in [0.15, 0.2) is 0 Å². The van der Waals surface area contributed by atoms with Crippen LogP contribution in [0.1, 0.15) is 156 Å². The maximum Gasteiger partial charge on any atom is 0.306 e. The van der Waals surface area contributed by atoms with Gasteiger partial charge in [-0.2, -0.15) is 0 Å². The Morgan fingerprint density at radius 3 is 1.69 bits per heavy atom. The summed E-state index contributed by atoms with van der Waals surface area (Å²) in [7, 11) is 0. The minimum Gasteiger partial charge on any atom is -0.459 e. The van der Waals surface area contributed by atoms with Crippen LogP contribution in [-0.2, 0) is 9.53 Å². The van der Waals surface area contributed by atoms with Gasteiger partial charge in [0.05, 0.1) is 0 Å². The molecule has 0 aromatic heterocycles. The summed E-state index contributed by atoms with van der Waals surface area (Å²) in [6, 6.07) is 0. The van der Waals surface area contributed by atoms with Gasteiger partial charge < -0.3 is 10.9 Å². The highest BCUT2D eigenvalue weighted by Crippen LogP contribution is 2.40. The largest absolute Gasteiger partial charge is 0.459 e. The summed E-state index contributed by atoms with van der Waals surface area (Å²) in [5.74, 6) is 0.594. The number of ether oxygens (including phenoxy) is 1. The molecule has 3 N–H and O–H groups in total. The first-order chi connectivity index (χ1) is 15.1. The molecule has 0 saturated heterocycles. The Hall–Kier alpha value is -0.830. The van der Waals surface area contributed by atoms with Crippen LogP contribution in [0, 0.1) is 5.92 Å². The topological polar surface area (TPSA) is 61.3 Å². The van der Waals surface area contributed by atoms with Gasteiger partial charge in [0.1, 0.15) is 5.60 Å². The fraction of sp³-hybridized carbons (Fsp3) is 0.897. The molecule has 3 nitrogen and oxygen atoms in total. The Morgan fingerprint density at radius 2 is 1.22 bits per heavy atom. The maximum absolute atomic E-state index is 13.0. The molecule has 0 saturated carbocycles. The fourth-order valence-corrected chi connectivity index (χ4v) is 4.79. The van der Waals surface area contributed by atoms with Gasteiger partial charge in [-0.25, -0.2) is 0 Å². The standard InChI is InChI=1S/C29H56O2.H3N/c1-6-11-16-17-18-19-20-21-24-28(30)31-29(25-14-9-4,26-15-10-5)27(22-12-7-2)23-13-8-3;/h6,27H,1,7-26H2,2-5H3;1H3. The van der Waals surface area contributed by atoms with Gasteiger partial charge in [0.2, 0.25) is 0 Å². The van der Waals surface area contributed by atoms with Crippen LogP contribution >= 0.6 is 0 Å². The second-order valence-electron chi connectivity index (χ2n) is 9.68. The van der Waals surface area contributed by atoms with Crippen LogP contribution in [-0.4, -0.2) is 11.6 Å². The Kier molecular flexibility index (Phi) is 24.3. The van der Waals surface area contributed by atoms with E-state index in [0.717, 1.165) is 44.9 Å². The van der Waals surface area contributed by atoms with Crippen molar-refractivity contribution in [1.82, 2.24) is 6.15 Å². The van der Waals surface area contributed by atoms with Crippen molar-refractivity contribution in [3.05, 3.63) is 12.7 Å². The van der Waals surface area contributed by atoms with Crippen molar-refractivity contribution >= 4 is 5.97 Å². The number of esters is 1. The van der Waals surface area contributed by atoms with Crippen LogP contribution in [0.3, 0.4) is 0 Å². The molecule has 0 aliphatic heterocycles. The lowest BCUT2D eigenvalue weighted by Crippen LogP contribution is -2.43. The van der Waals surface area contributed by atoms with Crippen molar-refractivity contribution in [2.24, 2.45) is 5.92 Å². The maximum atomic E-state index is 13.0. The molecular weight excluding hydrogens is 394 g/mol. The number of rotatable bonds is 23. The zero-order valence-electron chi connectivity index (χ0n) is 22.5. The second-order valence-corrected chi connectivity index (χ2v) is 9.68. The van der Waals surface area contributed by atoms with Gasteiger partial charge in [-0.15, -0.1) is 6.58 Å². The van der Waals surface area contributed by atoms with E-state index >= 15 is 0 Å². The van der Waals surface area contributed by atoms with E-state index in [9.17, 15) is 4.79 Å². The summed E-state index contributed by atoms with van der Waals surface area (Å²) >= 11 is 0. The van der Waals surface area contributed by atoms with Gasteiger partial charge >= 0.3 is 5.97 Å². The molecule has 192 valence electrons. The smallest absolute Gasteiger partial charge is 0.306 e. The normalized spacial score (nSPS) is 11.4. The van der Waals surface area contributed by atoms with Crippen LogP contribution in [0.15, 0.2) is 12.7 Å². The predicted molar refractivity (Wildman–Crippen MR) is 143 cm³/mol. The highest BCUT2D eigenvalue weighted by Gasteiger charge is 2.40. The molecule has 0 bridgehead atoms. The van der Waals surface area contributed by atoms with Gasteiger partial charge in [-0.3, -0.25) is 4.79 Å². The second kappa shape index (κ2) is 23.3. The van der Waals surface area contributed by atoms with Crippen molar-refractivity contribution in [1.29, 1.82) is 0 Å². The monoisotopic (exact) mass is 453 g/mol. The van der Waals surface area contributed by atoms with Crippen molar-refractivity contribution in [3.8, 4) is 0 Å². The zero-order chi connectivity index (χ0) is 23.2. The van der Waals surface area contributed by atoms with E-state index in [2.05, 4.69) is 34.3 Å². The number of carbonyl (C=O) groups is 1. The summed E-state index contributed by atoms with van der Waals surface area (Å²) in [5, 5.41) is 0. The third-order valence-electron chi connectivity index (χ3n) is 6.82. The van der Waals surface area contributed by atoms with E-state index in [0.29, 0.717) is 12.3 Å². The first-order valence-electron chi connectivity index (χ1n) is 13.9. The average molecular weight is 454 g/mol. The molecule has 0 radical (unpaired) electrons. The Balaban J connectivity index is 0. The molecule has 0 amide bonds. The lowest BCUT2D eigenvalue weighted by molar-refractivity contribution is -0.170. The van der Waals surface area contributed by atoms with Crippen LogP contribution in [0.4, 0.5) is 0 Å². The van der Waals surface area contributed by atoms with E-state index in [1.165, 1.54) is 77.0 Å². The van der Waals surface area contributed by atoms with Crippen LogP contribution < -0.4 is 6.15 Å². The number of hydrogen-bond acceptors (Lipinski definition) is 3. The van der Waals surface area contributed by atoms with Gasteiger partial charge in [0, 0.05) is 6.42 Å². The highest BCUT2D eigenvalue weighted by atomic mass is 16.6. The molecule has 0 aliphatic rings. The molecule has 0 atom stereocenters. The molecule has 0 aromatic carbocycles. The fourth-order valence-electron chi connectivity index (χ4n) is 4.79. The number of hydrogen-bond donors (Lipinski definition) is 1. The van der Waals surface area contributed by atoms with Gasteiger partial charge in [-0.05, 0) is 63.7 Å². The van der Waals surface area contributed by atoms with Gasteiger partial charge in [0.25, 0.3) is 0 Å². The summed E-state index contributed by atoms with van der Waals surface area (Å²) in [4.78, 5) is 13.0. The van der Waals surface area contributed by atoms with Crippen molar-refractivity contribution < 1.29 is 9.53 Å². The Bertz CT molecular complexity index is 405. The number of allylic oxidation sites excluding steroid dienone is 1. The van der Waals surface area contributed by atoms with Crippen LogP contribution in [0.5, 0.6) is 0 Å². The van der Waals surface area contributed by atoms with Gasteiger partial charge in [-0.1, -0.05) is 98.0 Å². The lowest BCUT2D eigenvalue weighted by Gasteiger charge is -2.41. The summed E-state index contributed by atoms with van der Waals surface area (Å²) in [6.07, 6.45) is 25.0. The minimum atomic E-state index is -0.224. The van der Waals surface area contributed by atoms with E-state index in [-0.39, 0.29) is 17.7 Å². The zero-order valence-corrected chi connectivity index (χ0v) is 22.5. The minimum absolute atomic E-state index is 0. The van der Waals surface area contributed by atoms with E-state index < -0.39 is 0 Å². The molecule has 0 aliphatic carbocycles. The summed E-state index contributed by atoms with van der Waals surface area (Å²) in [6.45, 7) is 12.9. The molecule has 3 heteroatoms. The summed E-state index contributed by atoms with van der Waals surface area (Å²) < 4.78 is 6.51. The predicted octanol–water partition coefficient (Wildman–Crippen LogP) is 10.1. The first-order valence-corrected chi connectivity index (χ1v) is 13.9. The first kappa shape index (κ1) is 33.3. The Morgan fingerprint density at radius 1 is 0.750 bits per heavy atom. The molecule has 0 fully saturated rings. The molecular formula is C29H59NO2. The quantitative estimate of drug-likeness (QED) is 0.0950. The van der Waals surface area contributed by atoms with Crippen molar-refractivity contribution in [3.63, 3.8) is 0 Å². The third kappa shape index (κ3) is 15.9. The molecule has 0 rings (SSSR count). The molecule has 0 spiro atoms. The number of unbranched alkanes of at least 4 members (excludes halogenated alkanes) is 10. The molecule has 0 aromatic rings.